The van der Waals surface area contributed by atoms with Crippen molar-refractivity contribution in [2.45, 2.75) is 0 Å². The van der Waals surface area contributed by atoms with E-state index in [1.807, 2.05) is 0 Å². The van der Waals surface area contributed by atoms with Crippen molar-refractivity contribution in [3.8, 4) is 11.1 Å². The second-order valence-electron chi connectivity index (χ2n) is 3.68. The molecule has 18 heavy (non-hydrogen) atoms. The molecule has 0 amide bonds. The Morgan fingerprint density at radius 2 is 1.72 bits per heavy atom. The molecule has 3 nitrogen and oxygen atoms in total. The summed E-state index contributed by atoms with van der Waals surface area (Å²) < 4.78 is 14.0. The minimum atomic E-state index is -1.14. The molecule has 0 aliphatic heterocycles. The first kappa shape index (κ1) is 12.0. The lowest BCUT2D eigenvalue weighted by atomic mass is 9.97. The van der Waals surface area contributed by atoms with Gasteiger partial charge >= 0.3 is 5.97 Å². The van der Waals surface area contributed by atoms with Gasteiger partial charge in [0.1, 0.15) is 5.82 Å². The van der Waals surface area contributed by atoms with Gasteiger partial charge in [0.2, 0.25) is 0 Å². The number of hydrogen-bond acceptors (Lipinski definition) is 2. The summed E-state index contributed by atoms with van der Waals surface area (Å²) in [6, 6.07) is 10.4. The molecule has 2 aromatic carbocycles. The van der Waals surface area contributed by atoms with E-state index in [9.17, 15) is 14.0 Å². The van der Waals surface area contributed by atoms with Crippen molar-refractivity contribution in [1.29, 1.82) is 0 Å². The van der Waals surface area contributed by atoms with E-state index in [1.54, 1.807) is 12.1 Å². The number of hydrogen-bond donors (Lipinski definition) is 1. The van der Waals surface area contributed by atoms with Crippen LogP contribution in [-0.4, -0.2) is 17.4 Å². The van der Waals surface area contributed by atoms with Gasteiger partial charge in [-0.15, -0.1) is 0 Å². The van der Waals surface area contributed by atoms with Gasteiger partial charge in [0.05, 0.1) is 11.1 Å². The molecular formula is C14H9FO3. The predicted octanol–water partition coefficient (Wildman–Crippen LogP) is 3.00. The normalized spacial score (nSPS) is 10.1. The van der Waals surface area contributed by atoms with Crippen molar-refractivity contribution in [3.05, 3.63) is 59.4 Å². The first-order chi connectivity index (χ1) is 8.65. The molecular weight excluding hydrogens is 235 g/mol. The van der Waals surface area contributed by atoms with Gasteiger partial charge in [-0.25, -0.2) is 9.18 Å². The molecule has 0 radical (unpaired) electrons. The molecule has 0 saturated carbocycles. The van der Waals surface area contributed by atoms with Gasteiger partial charge in [0.25, 0.3) is 0 Å². The third-order valence-electron chi connectivity index (χ3n) is 2.60. The van der Waals surface area contributed by atoms with Crippen LogP contribution >= 0.6 is 0 Å². The van der Waals surface area contributed by atoms with Crippen LogP contribution in [-0.2, 0) is 0 Å². The number of carbonyl (C=O) groups is 2. The largest absolute Gasteiger partial charge is 0.478 e. The van der Waals surface area contributed by atoms with E-state index in [0.29, 0.717) is 6.29 Å². The molecule has 0 atom stereocenters. The Morgan fingerprint density at radius 1 is 1.06 bits per heavy atom. The molecule has 4 heteroatoms. The summed E-state index contributed by atoms with van der Waals surface area (Å²) in [6.45, 7) is 0. The summed E-state index contributed by atoms with van der Waals surface area (Å²) in [5.41, 5.74) is 0.274. The topological polar surface area (TPSA) is 54.4 Å². The van der Waals surface area contributed by atoms with Crippen molar-refractivity contribution in [3.63, 3.8) is 0 Å². The highest BCUT2D eigenvalue weighted by Crippen LogP contribution is 2.27. The van der Waals surface area contributed by atoms with E-state index in [1.165, 1.54) is 30.3 Å². The van der Waals surface area contributed by atoms with Crippen molar-refractivity contribution >= 4 is 12.3 Å². The monoisotopic (exact) mass is 244 g/mol. The Labute approximate surface area is 103 Å². The van der Waals surface area contributed by atoms with E-state index in [-0.39, 0.29) is 22.3 Å². The first-order valence-corrected chi connectivity index (χ1v) is 5.21. The van der Waals surface area contributed by atoms with E-state index in [0.717, 1.165) is 0 Å². The molecule has 0 aromatic heterocycles. The zero-order valence-corrected chi connectivity index (χ0v) is 9.26. The Hall–Kier alpha value is -2.49. The van der Waals surface area contributed by atoms with Crippen LogP contribution in [0.2, 0.25) is 0 Å². The summed E-state index contributed by atoms with van der Waals surface area (Å²) in [5.74, 6) is -1.84. The number of halogens is 1. The van der Waals surface area contributed by atoms with E-state index >= 15 is 0 Å². The number of carboxylic acid groups (broad SMARTS) is 1. The Bertz CT molecular complexity index is 620. The summed E-state index contributed by atoms with van der Waals surface area (Å²) in [4.78, 5) is 21.7. The van der Waals surface area contributed by atoms with Gasteiger partial charge in [-0.05, 0) is 17.7 Å². The lowest BCUT2D eigenvalue weighted by Crippen LogP contribution is -2.01. The molecule has 0 spiro atoms. The van der Waals surface area contributed by atoms with E-state index < -0.39 is 11.8 Å². The highest BCUT2D eigenvalue weighted by molar-refractivity contribution is 5.96. The SMILES string of the molecule is O=Cc1cccc(-c2ccccc2C(=O)O)c1F. The zero-order valence-electron chi connectivity index (χ0n) is 9.26. The maximum Gasteiger partial charge on any atom is 0.336 e. The van der Waals surface area contributed by atoms with Crippen molar-refractivity contribution in [2.24, 2.45) is 0 Å². The number of benzene rings is 2. The predicted molar refractivity (Wildman–Crippen MR) is 64.2 cm³/mol. The summed E-state index contributed by atoms with van der Waals surface area (Å²) in [5, 5.41) is 9.05. The van der Waals surface area contributed by atoms with Crippen LogP contribution in [0.4, 0.5) is 4.39 Å². The lowest BCUT2D eigenvalue weighted by Gasteiger charge is -2.08. The van der Waals surface area contributed by atoms with Gasteiger partial charge in [0.15, 0.2) is 6.29 Å². The average Bonchev–Trinajstić information content (AvgIpc) is 2.39. The molecule has 0 bridgehead atoms. The van der Waals surface area contributed by atoms with Crippen LogP contribution in [0.15, 0.2) is 42.5 Å². The third-order valence-corrected chi connectivity index (χ3v) is 2.60. The molecule has 0 unspecified atom stereocenters. The van der Waals surface area contributed by atoms with Crippen LogP contribution in [0, 0.1) is 5.82 Å². The molecule has 0 saturated heterocycles. The van der Waals surface area contributed by atoms with Crippen LogP contribution in [0.3, 0.4) is 0 Å². The first-order valence-electron chi connectivity index (χ1n) is 5.21. The molecule has 0 aliphatic rings. The summed E-state index contributed by atoms with van der Waals surface area (Å²) in [7, 11) is 0. The number of rotatable bonds is 3. The van der Waals surface area contributed by atoms with Crippen molar-refractivity contribution < 1.29 is 19.1 Å². The molecule has 90 valence electrons. The van der Waals surface area contributed by atoms with Crippen LogP contribution < -0.4 is 0 Å². The number of aromatic carboxylic acids is 1. The fraction of sp³-hybridized carbons (Fsp3) is 0. The second-order valence-corrected chi connectivity index (χ2v) is 3.68. The summed E-state index contributed by atoms with van der Waals surface area (Å²) in [6.07, 6.45) is 0.405. The second kappa shape index (κ2) is 4.79. The standard InChI is InChI=1S/C14H9FO3/c15-13-9(8-16)4-3-7-11(13)10-5-1-2-6-12(10)14(17)18/h1-8H,(H,17,18). The molecule has 0 fully saturated rings. The molecule has 0 heterocycles. The number of carbonyl (C=O) groups excluding carboxylic acids is 1. The van der Waals surface area contributed by atoms with Gasteiger partial charge in [-0.3, -0.25) is 4.79 Å². The minimum absolute atomic E-state index is 0.000510. The Kier molecular flexibility index (Phi) is 3.19. The molecule has 2 rings (SSSR count). The fourth-order valence-corrected chi connectivity index (χ4v) is 1.75. The minimum Gasteiger partial charge on any atom is -0.478 e. The number of carboxylic acids is 1. The van der Waals surface area contributed by atoms with Gasteiger partial charge in [0, 0.05) is 5.56 Å². The van der Waals surface area contributed by atoms with Gasteiger partial charge in [-0.2, -0.15) is 0 Å². The maximum atomic E-state index is 14.0. The summed E-state index contributed by atoms with van der Waals surface area (Å²) >= 11 is 0. The van der Waals surface area contributed by atoms with E-state index in [4.69, 9.17) is 5.11 Å². The van der Waals surface area contributed by atoms with Gasteiger partial charge in [-0.1, -0.05) is 30.3 Å². The highest BCUT2D eigenvalue weighted by Gasteiger charge is 2.15. The van der Waals surface area contributed by atoms with Gasteiger partial charge < -0.3 is 5.11 Å². The van der Waals surface area contributed by atoms with E-state index in [2.05, 4.69) is 0 Å². The third kappa shape index (κ3) is 2.00. The highest BCUT2D eigenvalue weighted by atomic mass is 19.1. The lowest BCUT2D eigenvalue weighted by molar-refractivity contribution is 0.0697. The van der Waals surface area contributed by atoms with Crippen LogP contribution in [0.1, 0.15) is 20.7 Å². The zero-order chi connectivity index (χ0) is 13.1. The average molecular weight is 244 g/mol. The van der Waals surface area contributed by atoms with Crippen LogP contribution in [0.25, 0.3) is 11.1 Å². The van der Waals surface area contributed by atoms with Crippen molar-refractivity contribution in [2.75, 3.05) is 0 Å². The Morgan fingerprint density at radius 3 is 2.39 bits per heavy atom. The maximum absolute atomic E-state index is 14.0. The molecule has 0 aliphatic carbocycles. The van der Waals surface area contributed by atoms with Crippen molar-refractivity contribution in [1.82, 2.24) is 0 Å². The molecule has 1 N–H and O–H groups in total. The fourth-order valence-electron chi connectivity index (χ4n) is 1.75. The Balaban J connectivity index is 2.70. The quantitative estimate of drug-likeness (QED) is 0.844. The molecule has 2 aromatic rings. The number of aldehydes is 1. The smallest absolute Gasteiger partial charge is 0.336 e. The van der Waals surface area contributed by atoms with Crippen LogP contribution in [0.5, 0.6) is 0 Å².